The third-order valence-electron chi connectivity index (χ3n) is 7.08. The topological polar surface area (TPSA) is 27.7 Å². The molecule has 0 bridgehead atoms. The highest BCUT2D eigenvalue weighted by atomic mass is 16.5. The molecule has 3 rings (SSSR count). The molecule has 0 radical (unpaired) electrons. The Labute approximate surface area is 218 Å². The van der Waals surface area contributed by atoms with Crippen molar-refractivity contribution in [3.05, 3.63) is 95.6 Å². The molecule has 1 atom stereocenters. The standard InChI is InChI=1S/C33H44O3/c1-7-26(13-11-12-24-32(2,3)4)25-36-33(27-14-9-8-10-15-27,28-16-20-30(34-5)21-17-28)29-18-22-31(35-6)23-19-29/h8-10,14-23,26H,7,11-13,24-25H2,1-6H3. The molecule has 0 aliphatic rings. The van der Waals surface area contributed by atoms with Crippen LogP contribution in [0.5, 0.6) is 11.5 Å². The van der Waals surface area contributed by atoms with Crippen LogP contribution in [-0.2, 0) is 10.3 Å². The van der Waals surface area contributed by atoms with Crippen LogP contribution in [0, 0.1) is 11.3 Å². The summed E-state index contributed by atoms with van der Waals surface area (Å²) in [4.78, 5) is 0. The number of hydrogen-bond donors (Lipinski definition) is 0. The molecule has 0 saturated heterocycles. The van der Waals surface area contributed by atoms with Gasteiger partial charge in [0.25, 0.3) is 0 Å². The molecule has 0 saturated carbocycles. The maximum Gasteiger partial charge on any atom is 0.143 e. The van der Waals surface area contributed by atoms with E-state index in [1.165, 1.54) is 25.7 Å². The Morgan fingerprint density at radius 3 is 1.61 bits per heavy atom. The Morgan fingerprint density at radius 1 is 0.667 bits per heavy atom. The van der Waals surface area contributed by atoms with Crippen molar-refractivity contribution in [3.63, 3.8) is 0 Å². The maximum atomic E-state index is 7.10. The van der Waals surface area contributed by atoms with Gasteiger partial charge in [0.05, 0.1) is 20.8 Å². The molecule has 36 heavy (non-hydrogen) atoms. The van der Waals surface area contributed by atoms with Gasteiger partial charge in [0.1, 0.15) is 17.1 Å². The van der Waals surface area contributed by atoms with Gasteiger partial charge in [-0.05, 0) is 65.1 Å². The van der Waals surface area contributed by atoms with Crippen molar-refractivity contribution >= 4 is 0 Å². The molecule has 0 N–H and O–H groups in total. The van der Waals surface area contributed by atoms with E-state index in [-0.39, 0.29) is 0 Å². The fraction of sp³-hybridized carbons (Fsp3) is 0.455. The van der Waals surface area contributed by atoms with E-state index in [9.17, 15) is 0 Å². The summed E-state index contributed by atoms with van der Waals surface area (Å²) in [5.74, 6) is 2.17. The summed E-state index contributed by atoms with van der Waals surface area (Å²) in [6, 6.07) is 27.1. The Balaban J connectivity index is 1.98. The predicted molar refractivity (Wildman–Crippen MR) is 150 cm³/mol. The number of rotatable bonds is 13. The summed E-state index contributed by atoms with van der Waals surface area (Å²) in [5, 5.41) is 0. The summed E-state index contributed by atoms with van der Waals surface area (Å²) in [5.41, 5.74) is 2.94. The van der Waals surface area contributed by atoms with Crippen LogP contribution in [0.15, 0.2) is 78.9 Å². The number of hydrogen-bond acceptors (Lipinski definition) is 3. The summed E-state index contributed by atoms with van der Waals surface area (Å²) >= 11 is 0. The molecule has 3 aromatic carbocycles. The highest BCUT2D eigenvalue weighted by Gasteiger charge is 2.38. The zero-order chi connectivity index (χ0) is 26.0. The fourth-order valence-electron chi connectivity index (χ4n) is 4.81. The van der Waals surface area contributed by atoms with E-state index < -0.39 is 5.60 Å². The van der Waals surface area contributed by atoms with Crippen molar-refractivity contribution in [3.8, 4) is 11.5 Å². The molecular formula is C33H44O3. The lowest BCUT2D eigenvalue weighted by molar-refractivity contribution is -0.0109. The minimum Gasteiger partial charge on any atom is -0.497 e. The summed E-state index contributed by atoms with van der Waals surface area (Å²) in [6.07, 6.45) is 6.05. The highest BCUT2D eigenvalue weighted by Crippen LogP contribution is 2.42. The van der Waals surface area contributed by atoms with Crippen LogP contribution in [0.1, 0.15) is 76.5 Å². The van der Waals surface area contributed by atoms with E-state index in [0.717, 1.165) is 34.6 Å². The molecule has 194 valence electrons. The van der Waals surface area contributed by atoms with Crippen molar-refractivity contribution in [2.24, 2.45) is 11.3 Å². The SMILES string of the molecule is CCC(CCCCC(C)(C)C)COC(c1ccccc1)(c1ccc(OC)cc1)c1ccc(OC)cc1. The van der Waals surface area contributed by atoms with Crippen LogP contribution in [0.25, 0.3) is 0 Å². The van der Waals surface area contributed by atoms with Gasteiger partial charge in [-0.15, -0.1) is 0 Å². The van der Waals surface area contributed by atoms with Crippen molar-refractivity contribution in [1.29, 1.82) is 0 Å². The Hall–Kier alpha value is -2.78. The number of ether oxygens (including phenoxy) is 3. The molecular weight excluding hydrogens is 444 g/mol. The molecule has 0 aliphatic heterocycles. The lowest BCUT2D eigenvalue weighted by atomic mass is 9.79. The summed E-state index contributed by atoms with van der Waals surface area (Å²) in [6.45, 7) is 9.95. The molecule has 3 heteroatoms. The second-order valence-corrected chi connectivity index (χ2v) is 10.9. The fourth-order valence-corrected chi connectivity index (χ4v) is 4.81. The molecule has 0 fully saturated rings. The average molecular weight is 489 g/mol. The van der Waals surface area contributed by atoms with Crippen LogP contribution >= 0.6 is 0 Å². The molecule has 1 unspecified atom stereocenters. The quantitative estimate of drug-likeness (QED) is 0.178. The molecule has 3 nitrogen and oxygen atoms in total. The molecule has 0 heterocycles. The molecule has 0 aromatic heterocycles. The van der Waals surface area contributed by atoms with E-state index in [4.69, 9.17) is 14.2 Å². The second kappa shape index (κ2) is 13.0. The van der Waals surface area contributed by atoms with Crippen LogP contribution in [0.4, 0.5) is 0 Å². The van der Waals surface area contributed by atoms with Crippen molar-refractivity contribution in [2.75, 3.05) is 20.8 Å². The lowest BCUT2D eigenvalue weighted by Gasteiger charge is -2.37. The van der Waals surface area contributed by atoms with E-state index in [2.05, 4.69) is 82.3 Å². The van der Waals surface area contributed by atoms with Gasteiger partial charge in [0, 0.05) is 0 Å². The first-order valence-electron chi connectivity index (χ1n) is 13.3. The van der Waals surface area contributed by atoms with Gasteiger partial charge in [0.15, 0.2) is 0 Å². The van der Waals surface area contributed by atoms with Crippen molar-refractivity contribution in [1.82, 2.24) is 0 Å². The van der Waals surface area contributed by atoms with E-state index in [1.807, 2.05) is 24.3 Å². The van der Waals surface area contributed by atoms with Gasteiger partial charge >= 0.3 is 0 Å². The van der Waals surface area contributed by atoms with Gasteiger partial charge in [-0.2, -0.15) is 0 Å². The second-order valence-electron chi connectivity index (χ2n) is 10.9. The highest BCUT2D eigenvalue weighted by molar-refractivity contribution is 5.49. The molecule has 0 aliphatic carbocycles. The molecule has 3 aromatic rings. The Morgan fingerprint density at radius 2 is 1.17 bits per heavy atom. The number of methoxy groups -OCH3 is 2. The van der Waals surface area contributed by atoms with Crippen molar-refractivity contribution in [2.45, 2.75) is 65.4 Å². The van der Waals surface area contributed by atoms with Crippen LogP contribution in [0.3, 0.4) is 0 Å². The third-order valence-corrected chi connectivity index (χ3v) is 7.08. The third kappa shape index (κ3) is 7.13. The van der Waals surface area contributed by atoms with E-state index in [1.54, 1.807) is 14.2 Å². The van der Waals surface area contributed by atoms with Crippen LogP contribution in [-0.4, -0.2) is 20.8 Å². The summed E-state index contributed by atoms with van der Waals surface area (Å²) < 4.78 is 18.0. The summed E-state index contributed by atoms with van der Waals surface area (Å²) in [7, 11) is 3.40. The lowest BCUT2D eigenvalue weighted by Crippen LogP contribution is -2.34. The molecule has 0 amide bonds. The van der Waals surface area contributed by atoms with Gasteiger partial charge in [-0.1, -0.05) is 102 Å². The average Bonchev–Trinajstić information content (AvgIpc) is 2.90. The van der Waals surface area contributed by atoms with E-state index in [0.29, 0.717) is 17.9 Å². The normalized spacial score (nSPS) is 12.8. The zero-order valence-corrected chi connectivity index (χ0v) is 23.1. The van der Waals surface area contributed by atoms with Gasteiger partial charge < -0.3 is 14.2 Å². The maximum absolute atomic E-state index is 7.10. The first kappa shape index (κ1) is 27.8. The monoisotopic (exact) mass is 488 g/mol. The Bertz CT molecular complexity index is 970. The van der Waals surface area contributed by atoms with Crippen LogP contribution < -0.4 is 9.47 Å². The molecule has 0 spiro atoms. The number of unbranched alkanes of at least 4 members (excludes halogenated alkanes) is 1. The van der Waals surface area contributed by atoms with Crippen molar-refractivity contribution < 1.29 is 14.2 Å². The zero-order valence-electron chi connectivity index (χ0n) is 23.1. The van der Waals surface area contributed by atoms with Gasteiger partial charge in [0.2, 0.25) is 0 Å². The van der Waals surface area contributed by atoms with Gasteiger partial charge in [-0.3, -0.25) is 0 Å². The van der Waals surface area contributed by atoms with Crippen LogP contribution in [0.2, 0.25) is 0 Å². The van der Waals surface area contributed by atoms with Gasteiger partial charge in [-0.25, -0.2) is 0 Å². The smallest absolute Gasteiger partial charge is 0.143 e. The minimum absolute atomic E-state index is 0.392. The number of benzene rings is 3. The largest absolute Gasteiger partial charge is 0.497 e. The Kier molecular flexibility index (Phi) is 10.0. The first-order chi connectivity index (χ1) is 17.3. The predicted octanol–water partition coefficient (Wildman–Crippen LogP) is 8.65. The minimum atomic E-state index is -0.737. The first-order valence-corrected chi connectivity index (χ1v) is 13.3. The van der Waals surface area contributed by atoms with E-state index >= 15 is 0 Å².